The molecule has 1 aromatic carbocycles. The molecule has 0 aliphatic carbocycles. The number of benzene rings is 1. The van der Waals surface area contributed by atoms with E-state index in [-0.39, 0.29) is 5.91 Å². The van der Waals surface area contributed by atoms with Crippen molar-refractivity contribution in [3.63, 3.8) is 0 Å². The Morgan fingerprint density at radius 1 is 1.39 bits per heavy atom. The lowest BCUT2D eigenvalue weighted by Gasteiger charge is -2.34. The lowest BCUT2D eigenvalue weighted by Crippen LogP contribution is -2.63. The minimum atomic E-state index is -1.03. The Morgan fingerprint density at radius 2 is 2.11 bits per heavy atom. The highest BCUT2D eigenvalue weighted by atomic mass is 16.4. The van der Waals surface area contributed by atoms with Crippen LogP contribution in [0.3, 0.4) is 0 Å². The molecule has 0 spiro atoms. The molecule has 2 amide bonds. The van der Waals surface area contributed by atoms with E-state index in [4.69, 9.17) is 5.11 Å². The van der Waals surface area contributed by atoms with Crippen LogP contribution < -0.4 is 5.32 Å². The first-order valence-corrected chi connectivity index (χ1v) is 5.99. The zero-order chi connectivity index (χ0) is 13.0. The monoisotopic (exact) mass is 248 g/mol. The highest BCUT2D eigenvalue weighted by Crippen LogP contribution is 2.10. The quantitative estimate of drug-likeness (QED) is 0.766. The Morgan fingerprint density at radius 3 is 2.61 bits per heavy atom. The first kappa shape index (κ1) is 12.4. The number of carbonyl (C=O) groups is 2. The van der Waals surface area contributed by atoms with Crippen molar-refractivity contribution in [1.29, 1.82) is 0 Å². The molecule has 0 bridgehead atoms. The van der Waals surface area contributed by atoms with Gasteiger partial charge in [0.05, 0.1) is 0 Å². The molecule has 0 aromatic heterocycles. The maximum absolute atomic E-state index is 11.2. The van der Waals surface area contributed by atoms with Crippen molar-refractivity contribution >= 4 is 12.0 Å². The van der Waals surface area contributed by atoms with Gasteiger partial charge in [-0.25, -0.2) is 4.79 Å². The minimum absolute atomic E-state index is 0.197. The average molecular weight is 248 g/mol. The summed E-state index contributed by atoms with van der Waals surface area (Å²) in [5, 5.41) is 11.6. The van der Waals surface area contributed by atoms with E-state index in [0.29, 0.717) is 13.1 Å². The summed E-state index contributed by atoms with van der Waals surface area (Å²) >= 11 is 0. The van der Waals surface area contributed by atoms with Crippen LogP contribution in [0, 0.1) is 0 Å². The van der Waals surface area contributed by atoms with E-state index in [1.165, 1.54) is 10.5 Å². The third-order valence-electron chi connectivity index (χ3n) is 3.10. The van der Waals surface area contributed by atoms with Gasteiger partial charge in [0.2, 0.25) is 5.91 Å². The highest BCUT2D eigenvalue weighted by Gasteiger charge is 2.35. The van der Waals surface area contributed by atoms with Gasteiger partial charge >= 0.3 is 6.09 Å². The molecular weight excluding hydrogens is 232 g/mol. The van der Waals surface area contributed by atoms with Gasteiger partial charge in [-0.05, 0) is 18.4 Å². The van der Waals surface area contributed by atoms with Crippen molar-refractivity contribution in [3.8, 4) is 0 Å². The Hall–Kier alpha value is -2.04. The number of amides is 2. The predicted molar refractivity (Wildman–Crippen MR) is 66.3 cm³/mol. The summed E-state index contributed by atoms with van der Waals surface area (Å²) in [6.45, 7) is 0.818. The van der Waals surface area contributed by atoms with E-state index < -0.39 is 12.1 Å². The van der Waals surface area contributed by atoms with E-state index in [0.717, 1.165) is 12.8 Å². The predicted octanol–water partition coefficient (Wildman–Crippen LogP) is 1.10. The average Bonchev–Trinajstić information content (AvgIpc) is 2.36. The van der Waals surface area contributed by atoms with Crippen molar-refractivity contribution in [2.24, 2.45) is 0 Å². The van der Waals surface area contributed by atoms with Crippen LogP contribution in [-0.2, 0) is 11.2 Å². The summed E-state index contributed by atoms with van der Waals surface area (Å²) in [7, 11) is 0. The summed E-state index contributed by atoms with van der Waals surface area (Å²) in [4.78, 5) is 23.5. The van der Waals surface area contributed by atoms with Gasteiger partial charge in [-0.1, -0.05) is 30.3 Å². The van der Waals surface area contributed by atoms with Crippen molar-refractivity contribution in [3.05, 3.63) is 35.9 Å². The third kappa shape index (κ3) is 2.80. The maximum atomic E-state index is 11.2. The molecule has 0 saturated carbocycles. The Labute approximate surface area is 105 Å². The molecule has 0 radical (unpaired) electrons. The molecule has 2 rings (SSSR count). The molecular formula is C13H16N2O3. The summed E-state index contributed by atoms with van der Waals surface area (Å²) in [6.07, 6.45) is 0.516. The van der Waals surface area contributed by atoms with Crippen LogP contribution in [0.15, 0.2) is 30.3 Å². The lowest BCUT2D eigenvalue weighted by atomic mass is 10.1. The van der Waals surface area contributed by atoms with Crippen LogP contribution in [0.4, 0.5) is 4.79 Å². The molecule has 18 heavy (non-hydrogen) atoms. The molecule has 1 atom stereocenters. The van der Waals surface area contributed by atoms with Gasteiger partial charge in [0.15, 0.2) is 0 Å². The molecule has 5 nitrogen and oxygen atoms in total. The van der Waals surface area contributed by atoms with Gasteiger partial charge in [0.1, 0.15) is 6.04 Å². The second-order valence-electron chi connectivity index (χ2n) is 4.33. The maximum Gasteiger partial charge on any atom is 0.408 e. The largest absolute Gasteiger partial charge is 0.465 e. The molecule has 0 unspecified atom stereocenters. The van der Waals surface area contributed by atoms with Crippen LogP contribution in [0.1, 0.15) is 12.0 Å². The number of nitrogens with zero attached hydrogens (tertiary/aromatic N) is 1. The number of hydrogen-bond donors (Lipinski definition) is 2. The number of rotatable bonds is 5. The van der Waals surface area contributed by atoms with Crippen molar-refractivity contribution in [2.45, 2.75) is 18.9 Å². The lowest BCUT2D eigenvalue weighted by molar-refractivity contribution is -0.132. The summed E-state index contributed by atoms with van der Waals surface area (Å²) in [5.41, 5.74) is 1.18. The fourth-order valence-electron chi connectivity index (χ4n) is 2.01. The Bertz CT molecular complexity index is 433. The van der Waals surface area contributed by atoms with Gasteiger partial charge in [0.25, 0.3) is 0 Å². The number of carbonyl (C=O) groups excluding carboxylic acids is 1. The summed E-state index contributed by atoms with van der Waals surface area (Å²) < 4.78 is 0. The van der Waals surface area contributed by atoms with Gasteiger partial charge in [-0.3, -0.25) is 9.69 Å². The second-order valence-corrected chi connectivity index (χ2v) is 4.33. The highest BCUT2D eigenvalue weighted by molar-refractivity contribution is 5.90. The van der Waals surface area contributed by atoms with E-state index >= 15 is 0 Å². The number of hydrogen-bond acceptors (Lipinski definition) is 2. The number of carboxylic acid groups (broad SMARTS) is 1. The normalized spacial score (nSPS) is 17.8. The molecule has 96 valence electrons. The summed E-state index contributed by atoms with van der Waals surface area (Å²) in [6, 6.07) is 9.40. The van der Waals surface area contributed by atoms with Crippen LogP contribution in [-0.4, -0.2) is 41.1 Å². The van der Waals surface area contributed by atoms with Gasteiger partial charge in [-0.2, -0.15) is 0 Å². The smallest absolute Gasteiger partial charge is 0.408 e. The molecule has 2 N–H and O–H groups in total. The minimum Gasteiger partial charge on any atom is -0.465 e. The van der Waals surface area contributed by atoms with Crippen LogP contribution in [0.25, 0.3) is 0 Å². The zero-order valence-corrected chi connectivity index (χ0v) is 10.0. The molecule has 1 fully saturated rings. The van der Waals surface area contributed by atoms with Gasteiger partial charge in [0, 0.05) is 13.1 Å². The Balaban J connectivity index is 1.83. The van der Waals surface area contributed by atoms with Crippen molar-refractivity contribution < 1.29 is 14.7 Å². The Kier molecular flexibility index (Phi) is 3.82. The number of nitrogens with one attached hydrogen (secondary N) is 1. The third-order valence-corrected chi connectivity index (χ3v) is 3.10. The standard InChI is InChI=1S/C13H16N2O3/c16-12-11(9-14-12)15(13(17)18)8-4-7-10-5-2-1-3-6-10/h1-3,5-6,11H,4,7-9H2,(H,14,16)(H,17,18)/t11-/m0/s1. The zero-order valence-electron chi connectivity index (χ0n) is 10.0. The van der Waals surface area contributed by atoms with E-state index in [1.54, 1.807) is 0 Å². The first-order chi connectivity index (χ1) is 8.68. The second kappa shape index (κ2) is 5.53. The molecule has 1 aliphatic heterocycles. The first-order valence-electron chi connectivity index (χ1n) is 5.99. The topological polar surface area (TPSA) is 69.6 Å². The van der Waals surface area contributed by atoms with E-state index in [1.807, 2.05) is 30.3 Å². The molecule has 1 aliphatic rings. The van der Waals surface area contributed by atoms with Crippen LogP contribution in [0.2, 0.25) is 0 Å². The van der Waals surface area contributed by atoms with Gasteiger partial charge in [-0.15, -0.1) is 0 Å². The number of aryl methyl sites for hydroxylation is 1. The molecule has 1 aromatic rings. The van der Waals surface area contributed by atoms with E-state index in [9.17, 15) is 9.59 Å². The number of β-lactam (4-membered cyclic amide) rings is 1. The van der Waals surface area contributed by atoms with Crippen molar-refractivity contribution in [2.75, 3.05) is 13.1 Å². The molecule has 5 heteroatoms. The van der Waals surface area contributed by atoms with Crippen molar-refractivity contribution in [1.82, 2.24) is 10.2 Å². The van der Waals surface area contributed by atoms with Crippen LogP contribution in [0.5, 0.6) is 0 Å². The van der Waals surface area contributed by atoms with Crippen LogP contribution >= 0.6 is 0 Å². The molecule has 1 saturated heterocycles. The SMILES string of the molecule is O=C1NC[C@@H]1N(CCCc1ccccc1)C(=O)O. The molecule has 1 heterocycles. The summed E-state index contributed by atoms with van der Waals surface area (Å²) in [5.74, 6) is -0.197. The fourth-order valence-corrected chi connectivity index (χ4v) is 2.01. The fraction of sp³-hybridized carbons (Fsp3) is 0.385. The van der Waals surface area contributed by atoms with Gasteiger partial charge < -0.3 is 10.4 Å². The van der Waals surface area contributed by atoms with E-state index in [2.05, 4.69) is 5.32 Å².